The first-order valence-electron chi connectivity index (χ1n) is 10.6. The highest BCUT2D eigenvalue weighted by Gasteiger charge is 2.15. The molecule has 35 heavy (non-hydrogen) atoms. The second-order valence-electron chi connectivity index (χ2n) is 7.53. The monoisotopic (exact) mass is 501 g/mol. The van der Waals surface area contributed by atoms with Gasteiger partial charge in [0.1, 0.15) is 15.3 Å². The molecule has 0 radical (unpaired) electrons. The van der Waals surface area contributed by atoms with E-state index in [9.17, 15) is 28.4 Å². The summed E-state index contributed by atoms with van der Waals surface area (Å²) in [6.45, 7) is 4.68. The molecule has 0 fully saturated rings. The van der Waals surface area contributed by atoms with Crippen LogP contribution in [0.1, 0.15) is 20.8 Å². The fourth-order valence-corrected chi connectivity index (χ4v) is 3.87. The number of benzene rings is 1. The number of aromatic nitrogens is 1. The van der Waals surface area contributed by atoms with Gasteiger partial charge >= 0.3 is 0 Å². The minimum atomic E-state index is -2.76. The number of anilines is 2. The van der Waals surface area contributed by atoms with Gasteiger partial charge in [0.15, 0.2) is 5.57 Å². The molecule has 0 aliphatic heterocycles. The predicted molar refractivity (Wildman–Crippen MR) is 131 cm³/mol. The number of hydrogen-bond donors (Lipinski definition) is 2. The lowest BCUT2D eigenvalue weighted by Gasteiger charge is -2.20. The fraction of sp³-hybridized carbons (Fsp3) is 0.333. The minimum Gasteiger partial charge on any atom is -0.355 e. The van der Waals surface area contributed by atoms with Crippen molar-refractivity contribution in [3.8, 4) is 6.07 Å². The van der Waals surface area contributed by atoms with Crippen LogP contribution >= 0.6 is 11.3 Å². The molecule has 2 amide bonds. The number of thiazole rings is 1. The highest BCUT2D eigenvalue weighted by molar-refractivity contribution is 7.07. The molecule has 0 saturated heterocycles. The van der Waals surface area contributed by atoms with Gasteiger partial charge in [-0.25, -0.2) is 8.78 Å². The molecule has 8 nitrogen and oxygen atoms in total. The topological polar surface area (TPSA) is 107 Å². The maximum absolute atomic E-state index is 12.7. The van der Waals surface area contributed by atoms with Crippen LogP contribution < -0.4 is 30.3 Å². The van der Waals surface area contributed by atoms with Gasteiger partial charge in [0, 0.05) is 37.1 Å². The van der Waals surface area contributed by atoms with Crippen molar-refractivity contribution in [3.63, 3.8) is 0 Å². The Morgan fingerprint density at radius 2 is 2.03 bits per heavy atom. The zero-order chi connectivity index (χ0) is 26.1. The summed E-state index contributed by atoms with van der Waals surface area (Å²) in [5, 5.41) is 14.2. The molecule has 0 atom stereocenters. The van der Waals surface area contributed by atoms with Gasteiger partial charge in [0.2, 0.25) is 5.91 Å². The van der Waals surface area contributed by atoms with Crippen LogP contribution in [-0.2, 0) is 16.1 Å². The van der Waals surface area contributed by atoms with E-state index >= 15 is 0 Å². The van der Waals surface area contributed by atoms with Crippen molar-refractivity contribution >= 4 is 46.0 Å². The van der Waals surface area contributed by atoms with E-state index in [-0.39, 0.29) is 27.6 Å². The number of alkyl halides is 2. The van der Waals surface area contributed by atoms with Gasteiger partial charge in [-0.3, -0.25) is 19.0 Å². The maximum atomic E-state index is 12.7. The molecule has 2 rings (SSSR count). The van der Waals surface area contributed by atoms with Gasteiger partial charge in [-0.2, -0.15) is 5.26 Å². The van der Waals surface area contributed by atoms with Crippen LogP contribution in [-0.4, -0.2) is 36.4 Å². The quantitative estimate of drug-likeness (QED) is 0.424. The van der Waals surface area contributed by atoms with Crippen LogP contribution in [0.25, 0.3) is 11.5 Å². The SMILES string of the molecule is CCn1c(=C=C(C#N)C(=O)NCC(F)F)sc(=C=CNc2cccc(N(C)C(=O)C(C)C)c2)c1=O. The molecule has 11 heteroatoms. The second-order valence-corrected chi connectivity index (χ2v) is 8.53. The lowest BCUT2D eigenvalue weighted by atomic mass is 10.1. The minimum absolute atomic E-state index is 0.0283. The Morgan fingerprint density at radius 1 is 1.31 bits per heavy atom. The lowest BCUT2D eigenvalue weighted by molar-refractivity contribution is -0.121. The Kier molecular flexibility index (Phi) is 9.74. The van der Waals surface area contributed by atoms with Crippen molar-refractivity contribution in [3.05, 3.63) is 55.6 Å². The largest absolute Gasteiger partial charge is 0.355 e. The van der Waals surface area contributed by atoms with Crippen molar-refractivity contribution in [2.75, 3.05) is 23.8 Å². The smallest absolute Gasteiger partial charge is 0.277 e. The number of nitrogens with one attached hydrogen (secondary N) is 2. The van der Waals surface area contributed by atoms with Gasteiger partial charge < -0.3 is 15.5 Å². The van der Waals surface area contributed by atoms with Crippen molar-refractivity contribution in [1.82, 2.24) is 9.88 Å². The number of carbonyl (C=O) groups excluding carboxylic acids is 2. The van der Waals surface area contributed by atoms with Crippen molar-refractivity contribution in [2.24, 2.45) is 5.92 Å². The van der Waals surface area contributed by atoms with Gasteiger partial charge in [0.25, 0.3) is 17.9 Å². The van der Waals surface area contributed by atoms with E-state index in [4.69, 9.17) is 0 Å². The van der Waals surface area contributed by atoms with E-state index in [2.05, 4.69) is 16.8 Å². The number of nitriles is 1. The molecular formula is C24H25F2N5O3S. The summed E-state index contributed by atoms with van der Waals surface area (Å²) in [6.07, 6.45) is -1.32. The Bertz CT molecular complexity index is 1390. The predicted octanol–water partition coefficient (Wildman–Crippen LogP) is 1.76. The van der Waals surface area contributed by atoms with E-state index in [1.54, 1.807) is 49.2 Å². The number of amides is 2. The number of rotatable bonds is 8. The Labute approximate surface area is 204 Å². The first kappa shape index (κ1) is 27.3. The number of carbonyl (C=O) groups is 2. The van der Waals surface area contributed by atoms with E-state index in [1.807, 2.05) is 19.2 Å². The van der Waals surface area contributed by atoms with Gasteiger partial charge in [0.05, 0.1) is 6.54 Å². The Morgan fingerprint density at radius 3 is 2.63 bits per heavy atom. The summed E-state index contributed by atoms with van der Waals surface area (Å²) >= 11 is 0.951. The van der Waals surface area contributed by atoms with Gasteiger partial charge in [-0.05, 0) is 25.1 Å². The zero-order valence-corrected chi connectivity index (χ0v) is 20.5. The summed E-state index contributed by atoms with van der Waals surface area (Å²) in [7, 11) is 1.69. The van der Waals surface area contributed by atoms with Crippen LogP contribution in [0, 0.1) is 17.2 Å². The van der Waals surface area contributed by atoms with Crippen LogP contribution in [0.4, 0.5) is 20.2 Å². The summed E-state index contributed by atoms with van der Waals surface area (Å²) < 4.78 is 26.3. The highest BCUT2D eigenvalue weighted by atomic mass is 32.1. The van der Waals surface area contributed by atoms with Crippen LogP contribution in [0.5, 0.6) is 0 Å². The van der Waals surface area contributed by atoms with E-state index in [0.717, 1.165) is 11.3 Å². The first-order chi connectivity index (χ1) is 16.6. The van der Waals surface area contributed by atoms with Crippen molar-refractivity contribution in [1.29, 1.82) is 5.26 Å². The lowest BCUT2D eigenvalue weighted by Crippen LogP contribution is -2.31. The normalized spacial score (nSPS) is 10.3. The molecule has 1 heterocycles. The standard InChI is InChI=1S/C24H25F2N5O3S/c1-5-31-21(11-16(13-27)22(32)29-14-20(25)26)35-19(24(31)34)9-10-28-17-7-6-8-18(12-17)30(4)23(33)15(2)3/h6-8,10,12,15,20,28H,5,14H2,1-4H3,(H,29,32). The molecule has 1 aromatic heterocycles. The molecule has 1 aromatic carbocycles. The molecule has 0 spiro atoms. The summed E-state index contributed by atoms with van der Waals surface area (Å²) in [5.41, 5.74) is 5.84. The molecule has 0 bridgehead atoms. The molecule has 0 unspecified atom stereocenters. The summed E-state index contributed by atoms with van der Waals surface area (Å²) in [5.74, 6) is -1.18. The van der Waals surface area contributed by atoms with Gasteiger partial charge in [-0.1, -0.05) is 42.7 Å². The molecule has 0 saturated carbocycles. The van der Waals surface area contributed by atoms with E-state index < -0.39 is 30.0 Å². The zero-order valence-electron chi connectivity index (χ0n) is 19.7. The molecule has 2 aromatic rings. The van der Waals surface area contributed by atoms with Crippen LogP contribution in [0.3, 0.4) is 0 Å². The third kappa shape index (κ3) is 7.26. The van der Waals surface area contributed by atoms with Gasteiger partial charge in [-0.15, -0.1) is 0 Å². The van der Waals surface area contributed by atoms with Crippen LogP contribution in [0.15, 0.2) is 40.8 Å². The number of halogens is 2. The van der Waals surface area contributed by atoms with E-state index in [1.165, 1.54) is 10.8 Å². The molecule has 184 valence electrons. The summed E-state index contributed by atoms with van der Waals surface area (Å²) in [4.78, 5) is 38.4. The number of hydrogen-bond acceptors (Lipinski definition) is 6. The third-order valence-electron chi connectivity index (χ3n) is 4.69. The average molecular weight is 502 g/mol. The number of nitrogens with zero attached hydrogens (tertiary/aromatic N) is 3. The first-order valence-corrected chi connectivity index (χ1v) is 11.5. The molecular weight excluding hydrogens is 476 g/mol. The highest BCUT2D eigenvalue weighted by Crippen LogP contribution is 2.19. The molecule has 0 aliphatic carbocycles. The van der Waals surface area contributed by atoms with Crippen molar-refractivity contribution in [2.45, 2.75) is 33.7 Å². The van der Waals surface area contributed by atoms with Crippen molar-refractivity contribution < 1.29 is 18.4 Å². The maximum Gasteiger partial charge on any atom is 0.277 e. The third-order valence-corrected chi connectivity index (χ3v) is 5.70. The molecule has 0 aliphatic rings. The average Bonchev–Trinajstić information content (AvgIpc) is 3.13. The Hall–Kier alpha value is -3.96. The fourth-order valence-electron chi connectivity index (χ4n) is 2.89. The molecule has 2 N–H and O–H groups in total. The second kappa shape index (κ2) is 12.5. The summed E-state index contributed by atoms with van der Waals surface area (Å²) in [6, 6.07) is 8.76. The van der Waals surface area contributed by atoms with E-state index in [0.29, 0.717) is 11.4 Å². The van der Waals surface area contributed by atoms with Crippen LogP contribution in [0.2, 0.25) is 0 Å². The Balaban J connectivity index is 2.44.